The predicted octanol–water partition coefficient (Wildman–Crippen LogP) is 1.67. The Morgan fingerprint density at radius 2 is 1.60 bits per heavy atom. The van der Waals surface area contributed by atoms with Crippen LogP contribution in [0.2, 0.25) is 0 Å². The van der Waals surface area contributed by atoms with E-state index < -0.39 is 21.6 Å². The predicted molar refractivity (Wildman–Crippen MR) is 78.9 cm³/mol. The maximum absolute atomic E-state index is 12.3. The van der Waals surface area contributed by atoms with Gasteiger partial charge in [-0.05, 0) is 57.9 Å². The van der Waals surface area contributed by atoms with E-state index in [1.165, 1.54) is 0 Å². The number of nitrogens with two attached hydrogens (primary N) is 1. The van der Waals surface area contributed by atoms with Crippen LogP contribution in [0.3, 0.4) is 0 Å². The molecule has 0 bridgehead atoms. The third-order valence-corrected chi connectivity index (χ3v) is 4.10. The van der Waals surface area contributed by atoms with E-state index in [-0.39, 0.29) is 4.90 Å². The van der Waals surface area contributed by atoms with Crippen molar-refractivity contribution in [3.63, 3.8) is 0 Å². The number of carbonyl (C=O) groups is 1. The Bertz CT molecular complexity index is 608. The first kappa shape index (κ1) is 16.3. The normalized spacial score (nSPS) is 12.1. The van der Waals surface area contributed by atoms with Crippen LogP contribution in [0.25, 0.3) is 0 Å². The topological polar surface area (TPSA) is 101 Å². The monoisotopic (exact) mass is 299 g/mol. The Morgan fingerprint density at radius 3 is 2.00 bits per heavy atom. The van der Waals surface area contributed by atoms with Crippen LogP contribution in [0.5, 0.6) is 0 Å². The van der Waals surface area contributed by atoms with E-state index >= 15 is 0 Å². The zero-order chi connectivity index (χ0) is 15.7. The van der Waals surface area contributed by atoms with Gasteiger partial charge < -0.3 is 11.1 Å². The van der Waals surface area contributed by atoms with Gasteiger partial charge in [0.05, 0.1) is 4.90 Å². The summed E-state index contributed by atoms with van der Waals surface area (Å²) in [7, 11) is -3.93. The molecular weight excluding hydrogens is 278 g/mol. The van der Waals surface area contributed by atoms with Crippen molar-refractivity contribution in [2.75, 3.05) is 5.73 Å². The Labute approximate surface area is 119 Å². The number of hydrogen-bond acceptors (Lipinski definition) is 4. The Balaban J connectivity index is 3.10. The van der Waals surface area contributed by atoms with Gasteiger partial charge in [0.15, 0.2) is 0 Å². The minimum absolute atomic E-state index is 0.0794. The molecule has 0 radical (unpaired) electrons. The van der Waals surface area contributed by atoms with Gasteiger partial charge in [0, 0.05) is 11.2 Å². The van der Waals surface area contributed by atoms with Crippen LogP contribution in [-0.4, -0.2) is 20.0 Å². The largest absolute Gasteiger partial charge is 0.399 e. The Kier molecular flexibility index (Phi) is 4.33. The first-order valence-electron chi connectivity index (χ1n) is 6.14. The first-order valence-corrected chi connectivity index (χ1v) is 7.62. The molecule has 1 aromatic rings. The molecule has 6 nitrogen and oxygen atoms in total. The molecule has 1 rings (SSSR count). The summed E-state index contributed by atoms with van der Waals surface area (Å²) in [5.74, 6) is 0. The van der Waals surface area contributed by atoms with Crippen molar-refractivity contribution < 1.29 is 13.2 Å². The molecule has 20 heavy (non-hydrogen) atoms. The zero-order valence-electron chi connectivity index (χ0n) is 12.4. The van der Waals surface area contributed by atoms with Crippen molar-refractivity contribution in [3.05, 3.63) is 23.3 Å². The number of hydrogen-bond donors (Lipinski definition) is 3. The van der Waals surface area contributed by atoms with Crippen molar-refractivity contribution in [3.8, 4) is 0 Å². The molecular formula is C13H21N3O3S. The molecule has 0 atom stereocenters. The number of aryl methyl sites for hydroxylation is 2. The zero-order valence-corrected chi connectivity index (χ0v) is 13.2. The standard InChI is InChI=1S/C13H21N3O3S/c1-8-6-10(14)7-9(2)11(8)20(18,19)16-12(17)15-13(3,4)5/h6-7H,14H2,1-5H3,(H2,15,16,17). The van der Waals surface area contributed by atoms with Crippen LogP contribution < -0.4 is 15.8 Å². The van der Waals surface area contributed by atoms with Crippen molar-refractivity contribution in [2.45, 2.75) is 45.1 Å². The molecule has 0 spiro atoms. The van der Waals surface area contributed by atoms with Gasteiger partial charge >= 0.3 is 6.03 Å². The lowest BCUT2D eigenvalue weighted by atomic mass is 10.1. The number of urea groups is 1. The van der Waals surface area contributed by atoms with E-state index in [9.17, 15) is 13.2 Å². The number of nitrogens with one attached hydrogen (secondary N) is 2. The molecule has 0 aliphatic rings. The summed E-state index contributed by atoms with van der Waals surface area (Å²) < 4.78 is 26.5. The van der Waals surface area contributed by atoms with Crippen LogP contribution >= 0.6 is 0 Å². The molecule has 0 fully saturated rings. The maximum Gasteiger partial charge on any atom is 0.329 e. The third-order valence-electron chi connectivity index (χ3n) is 2.47. The van der Waals surface area contributed by atoms with E-state index in [0.717, 1.165) is 0 Å². The summed E-state index contributed by atoms with van der Waals surface area (Å²) in [6, 6.07) is 2.36. The Morgan fingerprint density at radius 1 is 1.15 bits per heavy atom. The molecule has 0 aliphatic heterocycles. The lowest BCUT2D eigenvalue weighted by Gasteiger charge is -2.21. The summed E-state index contributed by atoms with van der Waals surface area (Å²) in [4.78, 5) is 11.8. The van der Waals surface area contributed by atoms with Crippen molar-refractivity contribution in [2.24, 2.45) is 0 Å². The van der Waals surface area contributed by atoms with Gasteiger partial charge in [-0.25, -0.2) is 17.9 Å². The van der Waals surface area contributed by atoms with Gasteiger partial charge in [0.25, 0.3) is 10.0 Å². The van der Waals surface area contributed by atoms with E-state index in [4.69, 9.17) is 5.73 Å². The molecule has 112 valence electrons. The summed E-state index contributed by atoms with van der Waals surface area (Å²) in [5, 5.41) is 2.54. The average Bonchev–Trinajstić information content (AvgIpc) is 2.08. The molecule has 0 saturated heterocycles. The minimum atomic E-state index is -3.93. The highest BCUT2D eigenvalue weighted by molar-refractivity contribution is 7.90. The molecule has 2 amide bonds. The lowest BCUT2D eigenvalue weighted by molar-refractivity contribution is 0.237. The average molecular weight is 299 g/mol. The van der Waals surface area contributed by atoms with Gasteiger partial charge in [-0.1, -0.05) is 0 Å². The Hall–Kier alpha value is -1.76. The molecule has 0 unspecified atom stereocenters. The first-order chi connectivity index (χ1) is 8.92. The number of anilines is 1. The lowest BCUT2D eigenvalue weighted by Crippen LogP contribution is -2.48. The van der Waals surface area contributed by atoms with Gasteiger partial charge in [-0.2, -0.15) is 0 Å². The number of carbonyl (C=O) groups excluding carboxylic acids is 1. The van der Waals surface area contributed by atoms with Crippen LogP contribution in [0.15, 0.2) is 17.0 Å². The number of sulfonamides is 1. The van der Waals surface area contributed by atoms with E-state index in [2.05, 4.69) is 5.32 Å². The van der Waals surface area contributed by atoms with E-state index in [0.29, 0.717) is 16.8 Å². The maximum atomic E-state index is 12.3. The van der Waals surface area contributed by atoms with Crippen LogP contribution in [0, 0.1) is 13.8 Å². The quantitative estimate of drug-likeness (QED) is 0.723. The van der Waals surface area contributed by atoms with Crippen LogP contribution in [-0.2, 0) is 10.0 Å². The summed E-state index contributed by atoms with van der Waals surface area (Å²) in [6.45, 7) is 8.57. The molecule has 0 aromatic heterocycles. The van der Waals surface area contributed by atoms with Crippen LogP contribution in [0.4, 0.5) is 10.5 Å². The molecule has 0 aliphatic carbocycles. The highest BCUT2D eigenvalue weighted by Crippen LogP contribution is 2.22. The second-order valence-corrected chi connectivity index (χ2v) is 7.41. The number of amides is 2. The van der Waals surface area contributed by atoms with Crippen molar-refractivity contribution in [1.29, 1.82) is 0 Å². The molecule has 0 heterocycles. The van der Waals surface area contributed by atoms with Crippen molar-refractivity contribution >= 4 is 21.7 Å². The van der Waals surface area contributed by atoms with Crippen molar-refractivity contribution in [1.82, 2.24) is 10.0 Å². The SMILES string of the molecule is Cc1cc(N)cc(C)c1S(=O)(=O)NC(=O)NC(C)(C)C. The summed E-state index contributed by atoms with van der Waals surface area (Å²) in [6.07, 6.45) is 0. The van der Waals surface area contributed by atoms with Crippen LogP contribution in [0.1, 0.15) is 31.9 Å². The molecule has 0 saturated carbocycles. The molecule has 7 heteroatoms. The summed E-state index contributed by atoms with van der Waals surface area (Å²) >= 11 is 0. The number of benzene rings is 1. The van der Waals surface area contributed by atoms with Gasteiger partial charge in [-0.15, -0.1) is 0 Å². The highest BCUT2D eigenvalue weighted by Gasteiger charge is 2.24. The second kappa shape index (κ2) is 5.32. The third kappa shape index (κ3) is 4.12. The van der Waals surface area contributed by atoms with Gasteiger partial charge in [0.1, 0.15) is 0 Å². The fraction of sp³-hybridized carbons (Fsp3) is 0.462. The number of rotatable bonds is 2. The fourth-order valence-electron chi connectivity index (χ4n) is 1.95. The van der Waals surface area contributed by atoms with Gasteiger partial charge in [-0.3, -0.25) is 0 Å². The smallest absolute Gasteiger partial charge is 0.329 e. The van der Waals surface area contributed by atoms with Gasteiger partial charge in [0.2, 0.25) is 0 Å². The number of nitrogen functional groups attached to an aromatic ring is 1. The summed E-state index contributed by atoms with van der Waals surface area (Å²) in [5.41, 5.74) is 6.62. The molecule has 1 aromatic carbocycles. The fourth-order valence-corrected chi connectivity index (χ4v) is 3.31. The van der Waals surface area contributed by atoms with E-state index in [1.807, 2.05) is 4.72 Å². The minimum Gasteiger partial charge on any atom is -0.399 e. The second-order valence-electron chi connectivity index (χ2n) is 5.79. The molecule has 4 N–H and O–H groups in total. The van der Waals surface area contributed by atoms with E-state index in [1.54, 1.807) is 46.8 Å². The highest BCUT2D eigenvalue weighted by atomic mass is 32.2.